The minimum absolute atomic E-state index is 0.181. The summed E-state index contributed by atoms with van der Waals surface area (Å²) in [4.78, 5) is 5.69. The van der Waals surface area contributed by atoms with Gasteiger partial charge in [-0.3, -0.25) is 0 Å². The first-order chi connectivity index (χ1) is 15.7. The zero-order chi connectivity index (χ0) is 21.7. The number of nitrogens with one attached hydrogen (secondary N) is 1. The van der Waals surface area contributed by atoms with Crippen LogP contribution in [-0.2, 0) is 0 Å². The Hall–Kier alpha value is -3.22. The minimum atomic E-state index is -0.277. The second-order valence-corrected chi connectivity index (χ2v) is 9.02. The van der Waals surface area contributed by atoms with Gasteiger partial charge in [0.15, 0.2) is 0 Å². The first kappa shape index (κ1) is 19.5. The quantitative estimate of drug-likeness (QED) is 0.370. The number of anilines is 1. The molecule has 3 aromatic carbocycles. The molecule has 0 saturated carbocycles. The number of hydrogen-bond donors (Lipinski definition) is 1. The lowest BCUT2D eigenvalue weighted by molar-refractivity contribution is 0.223. The van der Waals surface area contributed by atoms with Gasteiger partial charge >= 0.3 is 0 Å². The average Bonchev–Trinajstić information content (AvgIpc) is 3.31. The number of rotatable bonds is 3. The van der Waals surface area contributed by atoms with Crippen molar-refractivity contribution in [2.45, 2.75) is 17.0 Å². The summed E-state index contributed by atoms with van der Waals surface area (Å²) in [5.74, 6) is 1.55. The summed E-state index contributed by atoms with van der Waals surface area (Å²) >= 11 is 7.93. The van der Waals surface area contributed by atoms with Gasteiger partial charge in [0, 0.05) is 21.1 Å². The molecule has 1 N–H and O–H groups in total. The minimum Gasteiger partial charge on any atom is -0.480 e. The molecule has 0 spiro atoms. The first-order valence-electron chi connectivity index (χ1n) is 10.3. The second-order valence-electron chi connectivity index (χ2n) is 7.70. The lowest BCUT2D eigenvalue weighted by atomic mass is 9.84. The number of aromatic nitrogens is 3. The zero-order valence-electron chi connectivity index (χ0n) is 17.2. The van der Waals surface area contributed by atoms with Crippen molar-refractivity contribution in [1.82, 2.24) is 14.8 Å². The lowest BCUT2D eigenvalue weighted by Crippen LogP contribution is -2.32. The molecule has 0 bridgehead atoms. The molecule has 2 aliphatic heterocycles. The average molecular weight is 459 g/mol. The summed E-state index contributed by atoms with van der Waals surface area (Å²) in [7, 11) is 0. The van der Waals surface area contributed by atoms with Crippen molar-refractivity contribution in [2.75, 3.05) is 11.6 Å². The summed E-state index contributed by atoms with van der Waals surface area (Å²) in [6.07, 6.45) is 3.39. The van der Waals surface area contributed by atoms with Crippen molar-refractivity contribution >= 4 is 35.0 Å². The smallest absolute Gasteiger partial charge is 0.226 e. The maximum Gasteiger partial charge on any atom is 0.226 e. The normalized spacial score (nSPS) is 18.8. The maximum atomic E-state index is 6.64. The van der Waals surface area contributed by atoms with E-state index < -0.39 is 0 Å². The van der Waals surface area contributed by atoms with Gasteiger partial charge in [0.05, 0.1) is 5.70 Å². The van der Waals surface area contributed by atoms with Crippen LogP contribution in [0.2, 0.25) is 5.02 Å². The molecule has 5 nitrogen and oxygen atoms in total. The molecule has 6 rings (SSSR count). The number of ether oxygens (including phenoxy) is 1. The molecule has 0 amide bonds. The van der Waals surface area contributed by atoms with Gasteiger partial charge in [-0.15, -0.1) is 11.8 Å². The summed E-state index contributed by atoms with van der Waals surface area (Å²) in [6, 6.07) is 24.4. The number of thioether (sulfide) groups is 1. The third-order valence-corrected chi connectivity index (χ3v) is 6.92. The van der Waals surface area contributed by atoms with Gasteiger partial charge in [0.2, 0.25) is 5.95 Å². The standard InChI is InChI=1S/C25H19ClN4OS/c1-32-18-12-8-16(9-13-18)24-21-22(19-4-2-3-5-20(19)31-24)29-25-27-14-28-30(25)23(21)15-6-10-17(26)11-7-15/h2-14,23-24H,1H3,(H,27,28,29)/t23-,24+/m1/s1. The summed E-state index contributed by atoms with van der Waals surface area (Å²) in [5, 5.41) is 8.78. The lowest BCUT2D eigenvalue weighted by Gasteiger charge is -2.39. The van der Waals surface area contributed by atoms with Crippen molar-refractivity contribution < 1.29 is 4.74 Å². The van der Waals surface area contributed by atoms with E-state index in [0.29, 0.717) is 11.0 Å². The van der Waals surface area contributed by atoms with Crippen LogP contribution in [0.25, 0.3) is 5.70 Å². The van der Waals surface area contributed by atoms with E-state index in [1.165, 1.54) is 4.90 Å². The van der Waals surface area contributed by atoms with Crippen molar-refractivity contribution in [3.05, 3.63) is 106 Å². The Morgan fingerprint density at radius 3 is 2.50 bits per heavy atom. The van der Waals surface area contributed by atoms with Crippen LogP contribution in [0.3, 0.4) is 0 Å². The van der Waals surface area contributed by atoms with E-state index in [1.54, 1.807) is 18.1 Å². The monoisotopic (exact) mass is 458 g/mol. The molecular formula is C25H19ClN4OS. The molecule has 4 aromatic rings. The third kappa shape index (κ3) is 3.10. The van der Waals surface area contributed by atoms with Gasteiger partial charge in [0.1, 0.15) is 24.2 Å². The van der Waals surface area contributed by atoms with E-state index in [1.807, 2.05) is 47.1 Å². The molecule has 32 heavy (non-hydrogen) atoms. The van der Waals surface area contributed by atoms with Crippen LogP contribution in [0.1, 0.15) is 28.8 Å². The fourth-order valence-electron chi connectivity index (χ4n) is 4.44. The topological polar surface area (TPSA) is 52.0 Å². The maximum absolute atomic E-state index is 6.64. The molecule has 1 aromatic heterocycles. The SMILES string of the molecule is CSc1ccc([C@@H]2Oc3ccccc3C3=C2[C@@H](c2ccc(Cl)cc2)n2ncnc2N3)cc1. The molecule has 158 valence electrons. The Kier molecular flexibility index (Phi) is 4.70. The van der Waals surface area contributed by atoms with Crippen molar-refractivity contribution in [2.24, 2.45) is 0 Å². The van der Waals surface area contributed by atoms with Crippen LogP contribution in [-0.4, -0.2) is 21.0 Å². The fourth-order valence-corrected chi connectivity index (χ4v) is 4.97. The van der Waals surface area contributed by atoms with Gasteiger partial charge in [-0.1, -0.05) is 48.0 Å². The number of halogens is 1. The number of benzene rings is 3. The second kappa shape index (κ2) is 7.73. The summed E-state index contributed by atoms with van der Waals surface area (Å²) in [5.41, 5.74) is 5.30. The first-order valence-corrected chi connectivity index (χ1v) is 11.9. The molecular weight excluding hydrogens is 440 g/mol. The van der Waals surface area contributed by atoms with Crippen LogP contribution >= 0.6 is 23.4 Å². The van der Waals surface area contributed by atoms with E-state index in [-0.39, 0.29) is 12.1 Å². The highest BCUT2D eigenvalue weighted by atomic mass is 35.5. The van der Waals surface area contributed by atoms with Crippen molar-refractivity contribution in [1.29, 1.82) is 0 Å². The number of fused-ring (bicyclic) bond motifs is 3. The van der Waals surface area contributed by atoms with E-state index >= 15 is 0 Å². The number of hydrogen-bond acceptors (Lipinski definition) is 5. The van der Waals surface area contributed by atoms with Crippen molar-refractivity contribution in [3.8, 4) is 5.75 Å². The Bertz CT molecular complexity index is 1330. The molecule has 7 heteroatoms. The van der Waals surface area contributed by atoms with E-state index in [2.05, 4.69) is 52.0 Å². The third-order valence-electron chi connectivity index (χ3n) is 5.93. The van der Waals surface area contributed by atoms with Crippen LogP contribution in [0.5, 0.6) is 5.75 Å². The van der Waals surface area contributed by atoms with Gasteiger partial charge in [-0.2, -0.15) is 10.1 Å². The molecule has 2 aliphatic rings. The molecule has 0 saturated heterocycles. The summed E-state index contributed by atoms with van der Waals surface area (Å²) in [6.45, 7) is 0. The highest BCUT2D eigenvalue weighted by Gasteiger charge is 2.40. The Balaban J connectivity index is 1.60. The zero-order valence-corrected chi connectivity index (χ0v) is 18.8. The Morgan fingerprint density at radius 2 is 1.72 bits per heavy atom. The van der Waals surface area contributed by atoms with Crippen LogP contribution in [0.15, 0.2) is 89.6 Å². The van der Waals surface area contributed by atoms with Crippen molar-refractivity contribution in [3.63, 3.8) is 0 Å². The van der Waals surface area contributed by atoms with E-state index in [9.17, 15) is 0 Å². The van der Waals surface area contributed by atoms with Gasteiger partial charge in [0.25, 0.3) is 0 Å². The largest absolute Gasteiger partial charge is 0.480 e. The highest BCUT2D eigenvalue weighted by molar-refractivity contribution is 7.98. The fraction of sp³-hybridized carbons (Fsp3) is 0.120. The van der Waals surface area contributed by atoms with Crippen LogP contribution in [0, 0.1) is 0 Å². The Morgan fingerprint density at radius 1 is 0.969 bits per heavy atom. The number of para-hydroxylation sites is 1. The van der Waals surface area contributed by atoms with Crippen LogP contribution < -0.4 is 10.1 Å². The molecule has 0 fully saturated rings. The van der Waals surface area contributed by atoms with Crippen LogP contribution in [0.4, 0.5) is 5.95 Å². The van der Waals surface area contributed by atoms with E-state index in [0.717, 1.165) is 33.7 Å². The molecule has 3 heterocycles. The van der Waals surface area contributed by atoms with Gasteiger partial charge in [-0.25, -0.2) is 4.68 Å². The predicted molar refractivity (Wildman–Crippen MR) is 128 cm³/mol. The Labute approximate surface area is 195 Å². The number of nitrogens with zero attached hydrogens (tertiary/aromatic N) is 3. The molecule has 0 unspecified atom stereocenters. The molecule has 0 aliphatic carbocycles. The molecule has 0 radical (unpaired) electrons. The summed E-state index contributed by atoms with van der Waals surface area (Å²) < 4.78 is 8.56. The van der Waals surface area contributed by atoms with Gasteiger partial charge in [-0.05, 0) is 53.8 Å². The highest BCUT2D eigenvalue weighted by Crippen LogP contribution is 2.50. The molecule has 2 atom stereocenters. The van der Waals surface area contributed by atoms with E-state index in [4.69, 9.17) is 16.3 Å². The van der Waals surface area contributed by atoms with Gasteiger partial charge < -0.3 is 10.1 Å². The predicted octanol–water partition coefficient (Wildman–Crippen LogP) is 6.21.